The normalized spacial score (nSPS) is 11.7. The van der Waals surface area contributed by atoms with Crippen molar-refractivity contribution in [3.63, 3.8) is 0 Å². The number of imidazole rings is 1. The maximum atomic E-state index is 12.2. The van der Waals surface area contributed by atoms with Crippen molar-refractivity contribution < 1.29 is 8.42 Å². The molecule has 0 radical (unpaired) electrons. The molecule has 7 nitrogen and oxygen atoms in total. The minimum atomic E-state index is -3.50. The molecule has 0 unspecified atom stereocenters. The third-order valence-electron chi connectivity index (χ3n) is 2.94. The lowest BCUT2D eigenvalue weighted by atomic mass is 10.5. The summed E-state index contributed by atoms with van der Waals surface area (Å²) in [5.41, 5.74) is 0. The summed E-state index contributed by atoms with van der Waals surface area (Å²) < 4.78 is 29.8. The molecular formula is C13H12BrN5O2S2. The summed E-state index contributed by atoms with van der Waals surface area (Å²) in [6.07, 6.45) is 6.68. The summed E-state index contributed by atoms with van der Waals surface area (Å²) in [5.74, 6) is 1.10. The van der Waals surface area contributed by atoms with Crippen molar-refractivity contribution in [3.8, 4) is 11.6 Å². The summed E-state index contributed by atoms with van der Waals surface area (Å²) in [5, 5.41) is 0. The quantitative estimate of drug-likeness (QED) is 0.668. The van der Waals surface area contributed by atoms with E-state index in [2.05, 4.69) is 35.6 Å². The number of hydrogen-bond acceptors (Lipinski definition) is 6. The Hall–Kier alpha value is -1.62. The maximum absolute atomic E-state index is 12.2. The number of nitrogens with zero attached hydrogens (tertiary/aromatic N) is 4. The van der Waals surface area contributed by atoms with Crippen LogP contribution in [0.4, 0.5) is 0 Å². The number of thiophene rings is 1. The van der Waals surface area contributed by atoms with Gasteiger partial charge >= 0.3 is 0 Å². The van der Waals surface area contributed by atoms with E-state index >= 15 is 0 Å². The molecule has 0 aliphatic rings. The van der Waals surface area contributed by atoms with E-state index in [4.69, 9.17) is 0 Å². The first-order chi connectivity index (χ1) is 11.1. The summed E-state index contributed by atoms with van der Waals surface area (Å²) >= 11 is 4.43. The molecule has 120 valence electrons. The molecule has 3 aromatic heterocycles. The van der Waals surface area contributed by atoms with E-state index in [1.54, 1.807) is 43.0 Å². The lowest BCUT2D eigenvalue weighted by Gasteiger charge is -2.08. The van der Waals surface area contributed by atoms with Gasteiger partial charge in [0.15, 0.2) is 11.6 Å². The van der Waals surface area contributed by atoms with Crippen molar-refractivity contribution in [2.45, 2.75) is 10.8 Å². The second kappa shape index (κ2) is 6.87. The van der Waals surface area contributed by atoms with Crippen LogP contribution in [0.3, 0.4) is 0 Å². The van der Waals surface area contributed by atoms with Gasteiger partial charge in [-0.25, -0.2) is 28.1 Å². The van der Waals surface area contributed by atoms with Gasteiger partial charge in [-0.2, -0.15) is 0 Å². The molecule has 0 atom stereocenters. The molecule has 3 rings (SSSR count). The Kier molecular flexibility index (Phi) is 4.85. The highest BCUT2D eigenvalue weighted by Gasteiger charge is 2.16. The molecule has 0 aromatic carbocycles. The Morgan fingerprint density at radius 1 is 1.17 bits per heavy atom. The van der Waals surface area contributed by atoms with E-state index in [-0.39, 0.29) is 10.8 Å². The third-order valence-corrected chi connectivity index (χ3v) is 6.52. The fourth-order valence-electron chi connectivity index (χ4n) is 1.92. The van der Waals surface area contributed by atoms with E-state index in [1.165, 1.54) is 11.3 Å². The molecule has 0 aliphatic heterocycles. The van der Waals surface area contributed by atoms with Crippen LogP contribution in [0.25, 0.3) is 11.6 Å². The smallest absolute Gasteiger partial charge is 0.250 e. The second-order valence-electron chi connectivity index (χ2n) is 4.47. The summed E-state index contributed by atoms with van der Waals surface area (Å²) in [6, 6.07) is 5.00. The molecule has 3 heterocycles. The van der Waals surface area contributed by atoms with E-state index in [0.29, 0.717) is 18.2 Å². The van der Waals surface area contributed by atoms with E-state index < -0.39 is 10.0 Å². The van der Waals surface area contributed by atoms with Crippen molar-refractivity contribution in [2.24, 2.45) is 0 Å². The lowest BCUT2D eigenvalue weighted by Crippen LogP contribution is -2.27. The second-order valence-corrected chi connectivity index (χ2v) is 8.93. The van der Waals surface area contributed by atoms with Gasteiger partial charge in [0.2, 0.25) is 10.0 Å². The topological polar surface area (TPSA) is 89.8 Å². The van der Waals surface area contributed by atoms with Gasteiger partial charge in [-0.3, -0.25) is 0 Å². The molecule has 23 heavy (non-hydrogen) atoms. The minimum absolute atomic E-state index is 0.244. The highest BCUT2D eigenvalue weighted by molar-refractivity contribution is 9.11. The highest BCUT2D eigenvalue weighted by atomic mass is 79.9. The number of sulfonamides is 1. The predicted octanol–water partition coefficient (Wildman–Crippen LogP) is 2.14. The molecule has 0 bridgehead atoms. The largest absolute Gasteiger partial charge is 0.327 e. The Morgan fingerprint density at radius 3 is 2.65 bits per heavy atom. The monoisotopic (exact) mass is 413 g/mol. The number of halogens is 1. The first kappa shape index (κ1) is 16.2. The summed E-state index contributed by atoms with van der Waals surface area (Å²) in [4.78, 5) is 12.5. The first-order valence-electron chi connectivity index (χ1n) is 6.60. The zero-order valence-corrected chi connectivity index (χ0v) is 15.0. The van der Waals surface area contributed by atoms with E-state index in [0.717, 1.165) is 3.79 Å². The molecule has 10 heteroatoms. The van der Waals surface area contributed by atoms with Crippen LogP contribution in [0, 0.1) is 0 Å². The molecule has 0 spiro atoms. The van der Waals surface area contributed by atoms with E-state index in [9.17, 15) is 8.42 Å². The average molecular weight is 414 g/mol. The number of hydrogen-bond donors (Lipinski definition) is 1. The van der Waals surface area contributed by atoms with Crippen molar-refractivity contribution in [1.29, 1.82) is 0 Å². The fourth-order valence-corrected chi connectivity index (χ4v) is 5.00. The molecule has 1 N–H and O–H groups in total. The fraction of sp³-hybridized carbons (Fsp3) is 0.154. The number of aromatic nitrogens is 4. The van der Waals surface area contributed by atoms with Crippen molar-refractivity contribution in [3.05, 3.63) is 46.8 Å². The van der Waals surface area contributed by atoms with Crippen LogP contribution in [0.15, 0.2) is 51.0 Å². The zero-order valence-electron chi connectivity index (χ0n) is 11.8. The maximum Gasteiger partial charge on any atom is 0.250 e. The molecule has 0 aliphatic carbocycles. The van der Waals surface area contributed by atoms with Gasteiger partial charge in [0.1, 0.15) is 4.21 Å². The number of rotatable bonds is 6. The van der Waals surface area contributed by atoms with Crippen LogP contribution in [-0.4, -0.2) is 34.5 Å². The SMILES string of the molecule is O=S(=O)(NCCn1ccnc1-c1ncccn1)c1ccc(Br)s1. The Bertz CT molecular complexity index is 892. The molecule has 0 saturated heterocycles. The van der Waals surface area contributed by atoms with Crippen LogP contribution < -0.4 is 4.72 Å². The van der Waals surface area contributed by atoms with Crippen LogP contribution in [-0.2, 0) is 16.6 Å². The van der Waals surface area contributed by atoms with Crippen molar-refractivity contribution in [2.75, 3.05) is 6.54 Å². The Balaban J connectivity index is 1.67. The van der Waals surface area contributed by atoms with Crippen LogP contribution >= 0.6 is 27.3 Å². The number of nitrogens with one attached hydrogen (secondary N) is 1. The zero-order chi connectivity index (χ0) is 16.3. The van der Waals surface area contributed by atoms with E-state index in [1.807, 2.05) is 4.57 Å². The molecule has 0 amide bonds. The first-order valence-corrected chi connectivity index (χ1v) is 9.69. The highest BCUT2D eigenvalue weighted by Crippen LogP contribution is 2.25. The Labute approximate surface area is 145 Å². The summed E-state index contributed by atoms with van der Waals surface area (Å²) in [7, 11) is -3.50. The van der Waals surface area contributed by atoms with Gasteiger partial charge in [-0.15, -0.1) is 11.3 Å². The predicted molar refractivity (Wildman–Crippen MR) is 90.5 cm³/mol. The van der Waals surface area contributed by atoms with Crippen molar-refractivity contribution in [1.82, 2.24) is 24.2 Å². The average Bonchev–Trinajstić information content (AvgIpc) is 3.17. The van der Waals surface area contributed by atoms with Gasteiger partial charge in [-0.1, -0.05) is 0 Å². The molecule has 0 saturated carbocycles. The minimum Gasteiger partial charge on any atom is -0.327 e. The van der Waals surface area contributed by atoms with Crippen LogP contribution in [0.2, 0.25) is 0 Å². The van der Waals surface area contributed by atoms with Gasteiger partial charge in [0.25, 0.3) is 0 Å². The molecule has 3 aromatic rings. The van der Waals surface area contributed by atoms with Gasteiger partial charge in [-0.05, 0) is 34.1 Å². The third kappa shape index (κ3) is 3.83. The van der Waals surface area contributed by atoms with Gasteiger partial charge in [0.05, 0.1) is 3.79 Å². The lowest BCUT2D eigenvalue weighted by molar-refractivity contribution is 0.575. The summed E-state index contributed by atoms with van der Waals surface area (Å²) in [6.45, 7) is 0.674. The molecule has 0 fully saturated rings. The Morgan fingerprint density at radius 2 is 1.96 bits per heavy atom. The van der Waals surface area contributed by atoms with Crippen LogP contribution in [0.1, 0.15) is 0 Å². The standard InChI is InChI=1S/C13H12BrN5O2S2/c14-10-2-3-11(22-10)23(20,21)18-7-9-19-8-6-17-13(19)12-15-4-1-5-16-12/h1-6,8,18H,7,9H2. The molecular weight excluding hydrogens is 402 g/mol. The van der Waals surface area contributed by atoms with Crippen molar-refractivity contribution >= 4 is 37.3 Å². The van der Waals surface area contributed by atoms with Gasteiger partial charge < -0.3 is 4.57 Å². The van der Waals surface area contributed by atoms with Crippen LogP contribution in [0.5, 0.6) is 0 Å². The van der Waals surface area contributed by atoms with Gasteiger partial charge in [0, 0.05) is 37.9 Å².